The van der Waals surface area contributed by atoms with E-state index in [0.717, 1.165) is 41.1 Å². The van der Waals surface area contributed by atoms with E-state index in [1.807, 2.05) is 30.3 Å². The van der Waals surface area contributed by atoms with Crippen LogP contribution >= 0.6 is 0 Å². The van der Waals surface area contributed by atoms with Gasteiger partial charge in [0.2, 0.25) is 0 Å². The number of benzene rings is 2. The van der Waals surface area contributed by atoms with Crippen molar-refractivity contribution in [3.05, 3.63) is 70.8 Å². The highest BCUT2D eigenvalue weighted by atomic mass is 16.5. The fourth-order valence-electron chi connectivity index (χ4n) is 4.85. The maximum absolute atomic E-state index is 13.5. The minimum atomic E-state index is 0.209. The van der Waals surface area contributed by atoms with Gasteiger partial charge in [-0.3, -0.25) is 4.79 Å². The summed E-state index contributed by atoms with van der Waals surface area (Å²) in [5, 5.41) is 0. The van der Waals surface area contributed by atoms with Crippen molar-refractivity contribution < 1.29 is 14.3 Å². The number of ether oxygens (including phenoxy) is 2. The number of allylic oxidation sites excluding steroid dienone is 3. The first-order valence-electron chi connectivity index (χ1n) is 11.0. The van der Waals surface area contributed by atoms with Gasteiger partial charge in [-0.05, 0) is 66.5 Å². The standard InChI is InChI=1S/C27H30O3/c1-29-23-16-19(17-24(18-23)30-2)15-22-13-14-25(27(22)28)26(20-9-5-3-6-10-20)21-11-7-4-8-12-21/h3,5-6,9-10,15-18,21H,4,7-8,11-14H2,1-2H3. The first-order chi connectivity index (χ1) is 14.7. The molecule has 3 heteroatoms. The highest BCUT2D eigenvalue weighted by Crippen LogP contribution is 2.42. The van der Waals surface area contributed by atoms with Gasteiger partial charge >= 0.3 is 0 Å². The molecule has 2 saturated carbocycles. The molecule has 0 saturated heterocycles. The van der Waals surface area contributed by atoms with Crippen LogP contribution in [0.15, 0.2) is 59.7 Å². The molecule has 0 aromatic heterocycles. The van der Waals surface area contributed by atoms with Crippen molar-refractivity contribution in [3.63, 3.8) is 0 Å². The van der Waals surface area contributed by atoms with Gasteiger partial charge in [0.15, 0.2) is 5.78 Å². The summed E-state index contributed by atoms with van der Waals surface area (Å²) in [6, 6.07) is 16.3. The Balaban J connectivity index is 1.72. The van der Waals surface area contributed by atoms with E-state index in [-0.39, 0.29) is 5.78 Å². The third kappa shape index (κ3) is 4.35. The van der Waals surface area contributed by atoms with Gasteiger partial charge in [-0.2, -0.15) is 0 Å². The van der Waals surface area contributed by atoms with Gasteiger partial charge in [-0.15, -0.1) is 0 Å². The summed E-state index contributed by atoms with van der Waals surface area (Å²) >= 11 is 0. The molecule has 2 aromatic carbocycles. The second kappa shape index (κ2) is 9.34. The van der Waals surface area contributed by atoms with Gasteiger partial charge < -0.3 is 9.47 Å². The Morgan fingerprint density at radius 3 is 2.20 bits per heavy atom. The number of methoxy groups -OCH3 is 2. The zero-order valence-corrected chi connectivity index (χ0v) is 17.9. The molecular formula is C27H30O3. The van der Waals surface area contributed by atoms with Crippen molar-refractivity contribution in [1.29, 1.82) is 0 Å². The molecule has 30 heavy (non-hydrogen) atoms. The molecule has 3 nitrogen and oxygen atoms in total. The Morgan fingerprint density at radius 1 is 0.900 bits per heavy atom. The summed E-state index contributed by atoms with van der Waals surface area (Å²) in [6.45, 7) is 0. The van der Waals surface area contributed by atoms with E-state index in [0.29, 0.717) is 5.92 Å². The zero-order chi connectivity index (χ0) is 20.9. The predicted octanol–water partition coefficient (Wildman–Crippen LogP) is 6.48. The highest BCUT2D eigenvalue weighted by Gasteiger charge is 2.30. The minimum absolute atomic E-state index is 0.209. The summed E-state index contributed by atoms with van der Waals surface area (Å²) in [4.78, 5) is 13.5. The smallest absolute Gasteiger partial charge is 0.185 e. The van der Waals surface area contributed by atoms with E-state index in [1.165, 1.54) is 43.2 Å². The second-order valence-electron chi connectivity index (χ2n) is 8.24. The molecule has 2 aliphatic rings. The molecule has 2 fully saturated rings. The van der Waals surface area contributed by atoms with E-state index < -0.39 is 0 Å². The van der Waals surface area contributed by atoms with Crippen LogP contribution in [0.1, 0.15) is 56.1 Å². The third-order valence-electron chi connectivity index (χ3n) is 6.35. The van der Waals surface area contributed by atoms with E-state index in [9.17, 15) is 4.79 Å². The predicted molar refractivity (Wildman–Crippen MR) is 122 cm³/mol. The van der Waals surface area contributed by atoms with Crippen LogP contribution in [-0.4, -0.2) is 20.0 Å². The van der Waals surface area contributed by atoms with Crippen LogP contribution in [0.5, 0.6) is 11.5 Å². The molecular weight excluding hydrogens is 372 g/mol. The average Bonchev–Trinajstić information content (AvgIpc) is 3.15. The second-order valence-corrected chi connectivity index (χ2v) is 8.24. The van der Waals surface area contributed by atoms with Crippen molar-refractivity contribution in [2.45, 2.75) is 44.9 Å². The number of rotatable bonds is 5. The van der Waals surface area contributed by atoms with Crippen LogP contribution in [0.2, 0.25) is 0 Å². The molecule has 0 amide bonds. The molecule has 156 valence electrons. The van der Waals surface area contributed by atoms with Gasteiger partial charge in [-0.1, -0.05) is 49.6 Å². The first kappa shape index (κ1) is 20.5. The number of ketones is 1. The Kier molecular flexibility index (Phi) is 6.37. The Hall–Kier alpha value is -2.81. The number of hydrogen-bond acceptors (Lipinski definition) is 3. The largest absolute Gasteiger partial charge is 0.497 e. The van der Waals surface area contributed by atoms with Crippen molar-refractivity contribution >= 4 is 17.4 Å². The van der Waals surface area contributed by atoms with Crippen molar-refractivity contribution in [2.75, 3.05) is 14.2 Å². The first-order valence-corrected chi connectivity index (χ1v) is 11.0. The lowest BCUT2D eigenvalue weighted by molar-refractivity contribution is -0.111. The normalized spacial score (nSPS) is 20.5. The van der Waals surface area contributed by atoms with Crippen molar-refractivity contribution in [2.24, 2.45) is 5.92 Å². The third-order valence-corrected chi connectivity index (χ3v) is 6.35. The Bertz CT molecular complexity index is 941. The SMILES string of the molecule is COc1cc(C=C2CCC(=C(c3ccccc3)C3CCCCC3)C2=O)cc(OC)c1. The Labute approximate surface area is 179 Å². The van der Waals surface area contributed by atoms with Crippen molar-refractivity contribution in [1.82, 2.24) is 0 Å². The summed E-state index contributed by atoms with van der Waals surface area (Å²) in [7, 11) is 3.28. The van der Waals surface area contributed by atoms with Crippen LogP contribution in [0.4, 0.5) is 0 Å². The molecule has 0 heterocycles. The lowest BCUT2D eigenvalue weighted by Gasteiger charge is -2.26. The number of carbonyl (C=O) groups excluding carboxylic acids is 1. The number of carbonyl (C=O) groups is 1. The summed E-state index contributed by atoms with van der Waals surface area (Å²) < 4.78 is 10.8. The molecule has 0 unspecified atom stereocenters. The fourth-order valence-corrected chi connectivity index (χ4v) is 4.85. The van der Waals surface area contributed by atoms with Gasteiger partial charge in [0.05, 0.1) is 14.2 Å². The summed E-state index contributed by atoms with van der Waals surface area (Å²) in [6.07, 6.45) is 9.82. The molecule has 0 bridgehead atoms. The lowest BCUT2D eigenvalue weighted by atomic mass is 9.78. The van der Waals surface area contributed by atoms with Crippen LogP contribution < -0.4 is 9.47 Å². The fraction of sp³-hybridized carbons (Fsp3) is 0.370. The summed E-state index contributed by atoms with van der Waals surface area (Å²) in [5.41, 5.74) is 5.36. The Morgan fingerprint density at radius 2 is 1.57 bits per heavy atom. The molecule has 2 aliphatic carbocycles. The van der Waals surface area contributed by atoms with Gasteiger partial charge in [0.25, 0.3) is 0 Å². The van der Waals surface area contributed by atoms with Gasteiger partial charge in [0.1, 0.15) is 11.5 Å². The monoisotopic (exact) mass is 402 g/mol. The van der Waals surface area contributed by atoms with E-state index in [2.05, 4.69) is 24.3 Å². The molecule has 0 N–H and O–H groups in total. The highest BCUT2D eigenvalue weighted by molar-refractivity contribution is 6.17. The van der Waals surface area contributed by atoms with Crippen LogP contribution in [0.3, 0.4) is 0 Å². The molecule has 0 atom stereocenters. The molecule has 0 radical (unpaired) electrons. The molecule has 0 aliphatic heterocycles. The molecule has 0 spiro atoms. The molecule has 4 rings (SSSR count). The average molecular weight is 403 g/mol. The van der Waals surface area contributed by atoms with Gasteiger partial charge in [-0.25, -0.2) is 0 Å². The maximum Gasteiger partial charge on any atom is 0.185 e. The van der Waals surface area contributed by atoms with E-state index >= 15 is 0 Å². The molecule has 2 aromatic rings. The van der Waals surface area contributed by atoms with E-state index in [4.69, 9.17) is 9.47 Å². The lowest BCUT2D eigenvalue weighted by Crippen LogP contribution is -2.12. The minimum Gasteiger partial charge on any atom is -0.497 e. The van der Waals surface area contributed by atoms with Crippen LogP contribution in [0.25, 0.3) is 11.6 Å². The van der Waals surface area contributed by atoms with Crippen LogP contribution in [0, 0.1) is 5.92 Å². The van der Waals surface area contributed by atoms with Gasteiger partial charge in [0, 0.05) is 17.2 Å². The number of hydrogen-bond donors (Lipinski definition) is 0. The summed E-state index contributed by atoms with van der Waals surface area (Å²) in [5.74, 6) is 2.17. The topological polar surface area (TPSA) is 35.5 Å². The zero-order valence-electron chi connectivity index (χ0n) is 17.9. The van der Waals surface area contributed by atoms with E-state index in [1.54, 1.807) is 14.2 Å². The quantitative estimate of drug-likeness (QED) is 0.537. The van der Waals surface area contributed by atoms with Crippen LogP contribution in [-0.2, 0) is 4.79 Å². The maximum atomic E-state index is 13.5. The van der Waals surface area contributed by atoms with Crippen molar-refractivity contribution in [3.8, 4) is 11.5 Å². The number of Topliss-reactive ketones (excluding diaryl/α,β-unsaturated/α-hetero) is 1.